The van der Waals surface area contributed by atoms with Crippen molar-refractivity contribution in [1.82, 2.24) is 0 Å². The normalized spacial score (nSPS) is 9.60. The number of hydrogen-bond donors (Lipinski definition) is 0. The molecule has 0 fully saturated rings. The topological polar surface area (TPSA) is 43.4 Å². The second-order valence-electron chi connectivity index (χ2n) is 1.45. The average Bonchev–Trinajstić information content (AvgIpc) is 1.87. The van der Waals surface area contributed by atoms with Gasteiger partial charge in [-0.25, -0.2) is 4.79 Å². The number of halogens is 2. The standard InChI is InChI=1S/C5H6Cl2O3/c1-2-3(8)10-5(9)4(6)7/h4H,2H2,1H3. The van der Waals surface area contributed by atoms with Crippen molar-refractivity contribution < 1.29 is 14.3 Å². The zero-order valence-corrected chi connectivity index (χ0v) is 6.78. The lowest BCUT2D eigenvalue weighted by molar-refractivity contribution is -0.158. The van der Waals surface area contributed by atoms with Crippen LogP contribution in [-0.2, 0) is 14.3 Å². The Hall–Kier alpha value is -0.280. The molecule has 0 radical (unpaired) electrons. The third kappa shape index (κ3) is 3.69. The summed E-state index contributed by atoms with van der Waals surface area (Å²) in [6, 6.07) is 0. The van der Waals surface area contributed by atoms with Crippen LogP contribution in [0.2, 0.25) is 0 Å². The molecule has 0 atom stereocenters. The minimum absolute atomic E-state index is 0.131. The van der Waals surface area contributed by atoms with Crippen LogP contribution < -0.4 is 0 Å². The summed E-state index contributed by atoms with van der Waals surface area (Å²) in [5.41, 5.74) is 0. The van der Waals surface area contributed by atoms with Crippen LogP contribution in [-0.4, -0.2) is 16.8 Å². The molecule has 5 heteroatoms. The Morgan fingerprint density at radius 2 is 2.00 bits per heavy atom. The first kappa shape index (κ1) is 9.72. The van der Waals surface area contributed by atoms with Crippen LogP contribution in [0.1, 0.15) is 13.3 Å². The number of carbonyl (C=O) groups is 2. The van der Waals surface area contributed by atoms with Gasteiger partial charge in [0.05, 0.1) is 0 Å². The fourth-order valence-electron chi connectivity index (χ4n) is 0.229. The molecule has 0 saturated heterocycles. The van der Waals surface area contributed by atoms with Crippen LogP contribution in [0.3, 0.4) is 0 Å². The van der Waals surface area contributed by atoms with Crippen molar-refractivity contribution in [1.29, 1.82) is 0 Å². The van der Waals surface area contributed by atoms with Gasteiger partial charge in [0, 0.05) is 6.42 Å². The third-order valence-corrected chi connectivity index (χ3v) is 1.04. The number of hydrogen-bond acceptors (Lipinski definition) is 3. The highest BCUT2D eigenvalue weighted by Gasteiger charge is 2.15. The predicted octanol–water partition coefficient (Wildman–Crippen LogP) is 1.27. The van der Waals surface area contributed by atoms with E-state index in [0.717, 1.165) is 0 Å². The number of rotatable bonds is 2. The molecular weight excluding hydrogens is 179 g/mol. The van der Waals surface area contributed by atoms with Crippen molar-refractivity contribution in [2.24, 2.45) is 0 Å². The molecule has 0 rings (SSSR count). The summed E-state index contributed by atoms with van der Waals surface area (Å²) in [6.45, 7) is 1.56. The van der Waals surface area contributed by atoms with E-state index < -0.39 is 16.8 Å². The maximum absolute atomic E-state index is 10.4. The molecule has 0 unspecified atom stereocenters. The molecule has 0 spiro atoms. The molecular formula is C5H6Cl2O3. The van der Waals surface area contributed by atoms with Crippen LogP contribution >= 0.6 is 23.2 Å². The van der Waals surface area contributed by atoms with Gasteiger partial charge in [-0.3, -0.25) is 4.79 Å². The molecule has 0 aromatic carbocycles. The Morgan fingerprint density at radius 3 is 2.30 bits per heavy atom. The van der Waals surface area contributed by atoms with Crippen LogP contribution in [0.25, 0.3) is 0 Å². The molecule has 0 aliphatic carbocycles. The van der Waals surface area contributed by atoms with Crippen LogP contribution in [0.5, 0.6) is 0 Å². The Kier molecular flexibility index (Phi) is 4.40. The molecule has 0 amide bonds. The summed E-state index contributed by atoms with van der Waals surface area (Å²) in [7, 11) is 0. The quantitative estimate of drug-likeness (QED) is 0.369. The first-order chi connectivity index (χ1) is 4.57. The van der Waals surface area contributed by atoms with E-state index >= 15 is 0 Å². The lowest BCUT2D eigenvalue weighted by Crippen LogP contribution is -2.16. The fraction of sp³-hybridized carbons (Fsp3) is 0.600. The van der Waals surface area contributed by atoms with E-state index in [1.807, 2.05) is 0 Å². The molecule has 3 nitrogen and oxygen atoms in total. The second-order valence-corrected chi connectivity index (χ2v) is 2.54. The van der Waals surface area contributed by atoms with Crippen molar-refractivity contribution in [3.8, 4) is 0 Å². The predicted molar refractivity (Wildman–Crippen MR) is 36.9 cm³/mol. The number of carbonyl (C=O) groups excluding carboxylic acids is 2. The molecule has 0 aliphatic heterocycles. The summed E-state index contributed by atoms with van der Waals surface area (Å²) in [4.78, 5) is 19.5. The molecule has 0 bridgehead atoms. The molecule has 10 heavy (non-hydrogen) atoms. The summed E-state index contributed by atoms with van der Waals surface area (Å²) in [5.74, 6) is -1.55. The van der Waals surface area contributed by atoms with Gasteiger partial charge >= 0.3 is 11.9 Å². The summed E-state index contributed by atoms with van der Waals surface area (Å²) < 4.78 is 4.12. The van der Waals surface area contributed by atoms with Gasteiger partial charge in [-0.15, -0.1) is 0 Å². The number of alkyl halides is 2. The largest absolute Gasteiger partial charge is 0.391 e. The third-order valence-electron chi connectivity index (χ3n) is 0.681. The monoisotopic (exact) mass is 184 g/mol. The highest BCUT2D eigenvalue weighted by atomic mass is 35.5. The Balaban J connectivity index is 3.69. The van der Waals surface area contributed by atoms with E-state index in [-0.39, 0.29) is 6.42 Å². The van der Waals surface area contributed by atoms with Gasteiger partial charge < -0.3 is 4.74 Å². The lowest BCUT2D eigenvalue weighted by Gasteiger charge is -1.99. The van der Waals surface area contributed by atoms with Gasteiger partial charge in [0.25, 0.3) is 0 Å². The summed E-state index contributed by atoms with van der Waals surface area (Å²) in [5, 5.41) is 0. The van der Waals surface area contributed by atoms with Gasteiger partial charge in [-0.1, -0.05) is 30.1 Å². The van der Waals surface area contributed by atoms with Gasteiger partial charge in [-0.05, 0) is 0 Å². The first-order valence-electron chi connectivity index (χ1n) is 2.60. The highest BCUT2D eigenvalue weighted by molar-refractivity contribution is 6.53. The minimum atomic E-state index is -1.28. The van der Waals surface area contributed by atoms with E-state index in [9.17, 15) is 9.59 Å². The highest BCUT2D eigenvalue weighted by Crippen LogP contribution is 2.04. The van der Waals surface area contributed by atoms with Crippen molar-refractivity contribution in [3.63, 3.8) is 0 Å². The van der Waals surface area contributed by atoms with Gasteiger partial charge in [0.15, 0.2) is 0 Å². The molecule has 0 aromatic rings. The Labute approximate surface area is 68.2 Å². The molecule has 58 valence electrons. The molecule has 0 saturated carbocycles. The van der Waals surface area contributed by atoms with E-state index in [4.69, 9.17) is 23.2 Å². The van der Waals surface area contributed by atoms with Crippen LogP contribution in [0, 0.1) is 0 Å². The van der Waals surface area contributed by atoms with E-state index in [1.165, 1.54) is 0 Å². The molecule has 0 heterocycles. The second kappa shape index (κ2) is 4.52. The van der Waals surface area contributed by atoms with Crippen molar-refractivity contribution in [2.45, 2.75) is 18.2 Å². The van der Waals surface area contributed by atoms with Gasteiger partial charge in [0.2, 0.25) is 4.84 Å². The van der Waals surface area contributed by atoms with Gasteiger partial charge in [0.1, 0.15) is 0 Å². The van der Waals surface area contributed by atoms with Crippen LogP contribution in [0.4, 0.5) is 0 Å². The smallest absolute Gasteiger partial charge is 0.347 e. The minimum Gasteiger partial charge on any atom is -0.391 e. The zero-order chi connectivity index (χ0) is 8.15. The lowest BCUT2D eigenvalue weighted by atomic mass is 10.5. The zero-order valence-electron chi connectivity index (χ0n) is 5.27. The van der Waals surface area contributed by atoms with Crippen molar-refractivity contribution in [2.75, 3.05) is 0 Å². The SMILES string of the molecule is CCC(=O)OC(=O)C(Cl)Cl. The van der Waals surface area contributed by atoms with Crippen molar-refractivity contribution >= 4 is 35.1 Å². The molecule has 0 aliphatic rings. The number of ether oxygens (including phenoxy) is 1. The Bertz CT molecular complexity index is 144. The first-order valence-corrected chi connectivity index (χ1v) is 3.48. The maximum Gasteiger partial charge on any atom is 0.347 e. The maximum atomic E-state index is 10.4. The van der Waals surface area contributed by atoms with Gasteiger partial charge in [-0.2, -0.15) is 0 Å². The van der Waals surface area contributed by atoms with E-state index in [2.05, 4.69) is 4.74 Å². The van der Waals surface area contributed by atoms with E-state index in [1.54, 1.807) is 6.92 Å². The molecule has 0 aromatic heterocycles. The van der Waals surface area contributed by atoms with Crippen LogP contribution in [0.15, 0.2) is 0 Å². The summed E-state index contributed by atoms with van der Waals surface area (Å²) in [6.07, 6.45) is 0.131. The average molecular weight is 185 g/mol. The Morgan fingerprint density at radius 1 is 1.50 bits per heavy atom. The summed E-state index contributed by atoms with van der Waals surface area (Å²) >= 11 is 10.1. The number of esters is 2. The van der Waals surface area contributed by atoms with E-state index in [0.29, 0.717) is 0 Å². The molecule has 0 N–H and O–H groups in total. The fourth-order valence-corrected chi connectivity index (χ4v) is 0.318. The van der Waals surface area contributed by atoms with Crippen molar-refractivity contribution in [3.05, 3.63) is 0 Å².